The summed E-state index contributed by atoms with van der Waals surface area (Å²) in [5.41, 5.74) is 2.24. The number of ether oxygens (including phenoxy) is 4. The zero-order valence-electron chi connectivity index (χ0n) is 17.1. The van der Waals surface area contributed by atoms with E-state index < -0.39 is 0 Å². The average Bonchev–Trinajstić information content (AvgIpc) is 2.70. The second-order valence-electron chi connectivity index (χ2n) is 6.30. The summed E-state index contributed by atoms with van der Waals surface area (Å²) < 4.78 is 22.1. The molecule has 0 fully saturated rings. The largest absolute Gasteiger partial charge is 0.493 e. The van der Waals surface area contributed by atoms with Crippen LogP contribution in [0, 0.1) is 0 Å². The maximum Gasteiger partial charge on any atom is 0.179 e. The van der Waals surface area contributed by atoms with E-state index in [1.165, 1.54) is 5.56 Å². The molecule has 2 aromatic rings. The van der Waals surface area contributed by atoms with Crippen LogP contribution in [-0.4, -0.2) is 34.0 Å². The topological polar surface area (TPSA) is 49.0 Å². The molecular formula is C22H30ClNO4. The van der Waals surface area contributed by atoms with E-state index in [1.54, 1.807) is 14.2 Å². The highest BCUT2D eigenvalue weighted by Crippen LogP contribution is 2.36. The standard InChI is InChI=1S/C22H30ClNO4/c1-5-11-28-22-18(23)12-17(14-21(22)27-6-2)15-24-10-9-16-7-8-19(25-3)20(13-16)26-4/h7-8,12-14,24H,5-6,9-11,15H2,1-4H3. The lowest BCUT2D eigenvalue weighted by molar-refractivity contribution is 0.277. The van der Waals surface area contributed by atoms with Crippen molar-refractivity contribution < 1.29 is 18.9 Å². The van der Waals surface area contributed by atoms with Crippen LogP contribution >= 0.6 is 11.6 Å². The molecule has 0 amide bonds. The van der Waals surface area contributed by atoms with Crippen molar-refractivity contribution in [3.63, 3.8) is 0 Å². The number of hydrogen-bond acceptors (Lipinski definition) is 5. The van der Waals surface area contributed by atoms with Gasteiger partial charge in [-0.3, -0.25) is 0 Å². The number of methoxy groups -OCH3 is 2. The summed E-state index contributed by atoms with van der Waals surface area (Å²) >= 11 is 6.42. The monoisotopic (exact) mass is 407 g/mol. The Morgan fingerprint density at radius 3 is 2.32 bits per heavy atom. The van der Waals surface area contributed by atoms with E-state index in [9.17, 15) is 0 Å². The van der Waals surface area contributed by atoms with Crippen molar-refractivity contribution in [1.29, 1.82) is 0 Å². The Bertz CT molecular complexity index is 752. The SMILES string of the molecule is CCCOc1c(Cl)cc(CNCCc2ccc(OC)c(OC)c2)cc1OCC. The molecular weight excluding hydrogens is 378 g/mol. The smallest absolute Gasteiger partial charge is 0.179 e. The predicted octanol–water partition coefficient (Wildman–Crippen LogP) is 4.88. The van der Waals surface area contributed by atoms with Crippen LogP contribution in [0.3, 0.4) is 0 Å². The van der Waals surface area contributed by atoms with Crippen LogP contribution < -0.4 is 24.3 Å². The van der Waals surface area contributed by atoms with Crippen LogP contribution in [0.15, 0.2) is 30.3 Å². The van der Waals surface area contributed by atoms with E-state index in [0.29, 0.717) is 36.3 Å². The molecule has 0 aliphatic carbocycles. The molecule has 0 atom stereocenters. The Kier molecular flexibility index (Phi) is 9.24. The third-order valence-electron chi connectivity index (χ3n) is 4.19. The van der Waals surface area contributed by atoms with Gasteiger partial charge in [0.25, 0.3) is 0 Å². The highest BCUT2D eigenvalue weighted by Gasteiger charge is 2.12. The van der Waals surface area contributed by atoms with E-state index in [0.717, 1.165) is 36.4 Å². The Hall–Kier alpha value is -2.11. The molecule has 0 radical (unpaired) electrons. The summed E-state index contributed by atoms with van der Waals surface area (Å²) in [5, 5.41) is 4.03. The molecule has 0 bridgehead atoms. The third-order valence-corrected chi connectivity index (χ3v) is 4.47. The molecule has 154 valence electrons. The summed E-state index contributed by atoms with van der Waals surface area (Å²) in [6.07, 6.45) is 1.80. The van der Waals surface area contributed by atoms with Gasteiger partial charge in [0.05, 0.1) is 32.5 Å². The van der Waals surface area contributed by atoms with E-state index >= 15 is 0 Å². The lowest BCUT2D eigenvalue weighted by Crippen LogP contribution is -2.17. The molecule has 0 aliphatic heterocycles. The summed E-state index contributed by atoms with van der Waals surface area (Å²) in [6, 6.07) is 9.90. The minimum absolute atomic E-state index is 0.564. The second-order valence-corrected chi connectivity index (χ2v) is 6.71. The summed E-state index contributed by atoms with van der Waals surface area (Å²) in [4.78, 5) is 0. The minimum Gasteiger partial charge on any atom is -0.493 e. The maximum atomic E-state index is 6.42. The lowest BCUT2D eigenvalue weighted by atomic mass is 10.1. The van der Waals surface area contributed by atoms with E-state index in [-0.39, 0.29) is 0 Å². The molecule has 2 rings (SSSR count). The van der Waals surface area contributed by atoms with Crippen molar-refractivity contribution >= 4 is 11.6 Å². The highest BCUT2D eigenvalue weighted by atomic mass is 35.5. The van der Waals surface area contributed by atoms with E-state index in [1.807, 2.05) is 37.3 Å². The van der Waals surface area contributed by atoms with E-state index in [4.69, 9.17) is 30.5 Å². The normalized spacial score (nSPS) is 10.6. The van der Waals surface area contributed by atoms with Gasteiger partial charge >= 0.3 is 0 Å². The highest BCUT2D eigenvalue weighted by molar-refractivity contribution is 6.32. The Morgan fingerprint density at radius 1 is 0.893 bits per heavy atom. The van der Waals surface area contributed by atoms with Crippen molar-refractivity contribution in [3.05, 3.63) is 46.5 Å². The molecule has 1 N–H and O–H groups in total. The molecule has 0 spiro atoms. The fraction of sp³-hybridized carbons (Fsp3) is 0.455. The van der Waals surface area contributed by atoms with Crippen LogP contribution in [0.25, 0.3) is 0 Å². The summed E-state index contributed by atoms with van der Waals surface area (Å²) in [7, 11) is 3.28. The van der Waals surface area contributed by atoms with Crippen LogP contribution in [-0.2, 0) is 13.0 Å². The molecule has 6 heteroatoms. The van der Waals surface area contributed by atoms with Gasteiger partial charge in [0.2, 0.25) is 0 Å². The molecule has 0 aromatic heterocycles. The molecule has 0 saturated heterocycles. The molecule has 0 aliphatic rings. The number of nitrogens with one attached hydrogen (secondary N) is 1. The first kappa shape index (κ1) is 22.2. The van der Waals surface area contributed by atoms with Gasteiger partial charge in [-0.15, -0.1) is 0 Å². The first-order valence-corrected chi connectivity index (χ1v) is 10.00. The van der Waals surface area contributed by atoms with Crippen molar-refractivity contribution in [2.45, 2.75) is 33.2 Å². The van der Waals surface area contributed by atoms with Gasteiger partial charge in [-0.1, -0.05) is 24.6 Å². The zero-order chi connectivity index (χ0) is 20.4. The van der Waals surface area contributed by atoms with Crippen molar-refractivity contribution in [2.24, 2.45) is 0 Å². The van der Waals surface area contributed by atoms with Crippen molar-refractivity contribution in [1.82, 2.24) is 5.32 Å². The van der Waals surface area contributed by atoms with Gasteiger partial charge in [0, 0.05) is 6.54 Å². The van der Waals surface area contributed by atoms with Crippen LogP contribution in [0.1, 0.15) is 31.4 Å². The fourth-order valence-electron chi connectivity index (χ4n) is 2.83. The molecule has 2 aromatic carbocycles. The van der Waals surface area contributed by atoms with E-state index in [2.05, 4.69) is 12.2 Å². The van der Waals surface area contributed by atoms with Gasteiger partial charge in [0.1, 0.15) is 0 Å². The minimum atomic E-state index is 0.564. The lowest BCUT2D eigenvalue weighted by Gasteiger charge is -2.15. The second kappa shape index (κ2) is 11.7. The van der Waals surface area contributed by atoms with Gasteiger partial charge in [0.15, 0.2) is 23.0 Å². The number of hydrogen-bond donors (Lipinski definition) is 1. The first-order valence-electron chi connectivity index (χ1n) is 9.62. The molecule has 0 heterocycles. The van der Waals surface area contributed by atoms with Crippen molar-refractivity contribution in [2.75, 3.05) is 34.0 Å². The number of halogens is 1. The van der Waals surface area contributed by atoms with Gasteiger partial charge in [-0.2, -0.15) is 0 Å². The summed E-state index contributed by atoms with van der Waals surface area (Å²) in [5.74, 6) is 2.80. The average molecular weight is 408 g/mol. The Balaban J connectivity index is 1.95. The zero-order valence-corrected chi connectivity index (χ0v) is 17.9. The Morgan fingerprint density at radius 2 is 1.64 bits per heavy atom. The van der Waals surface area contributed by atoms with Crippen molar-refractivity contribution in [3.8, 4) is 23.0 Å². The van der Waals surface area contributed by atoms with Gasteiger partial charge < -0.3 is 24.3 Å². The van der Waals surface area contributed by atoms with Gasteiger partial charge in [-0.05, 0) is 61.7 Å². The van der Waals surface area contributed by atoms with Crippen LogP contribution in [0.5, 0.6) is 23.0 Å². The molecule has 28 heavy (non-hydrogen) atoms. The molecule has 0 saturated carbocycles. The molecule has 0 unspecified atom stereocenters. The number of rotatable bonds is 12. The summed E-state index contributed by atoms with van der Waals surface area (Å²) in [6.45, 7) is 6.71. The number of benzene rings is 2. The molecule has 5 nitrogen and oxygen atoms in total. The fourth-order valence-corrected chi connectivity index (χ4v) is 3.12. The van der Waals surface area contributed by atoms with Crippen LogP contribution in [0.4, 0.5) is 0 Å². The maximum absolute atomic E-state index is 6.42. The van der Waals surface area contributed by atoms with Crippen LogP contribution in [0.2, 0.25) is 5.02 Å². The Labute approximate surface area is 172 Å². The first-order chi connectivity index (χ1) is 13.6. The predicted molar refractivity (Wildman–Crippen MR) is 113 cm³/mol. The third kappa shape index (κ3) is 6.21. The van der Waals surface area contributed by atoms with Gasteiger partial charge in [-0.25, -0.2) is 0 Å². The quantitative estimate of drug-likeness (QED) is 0.508.